The fourth-order valence-corrected chi connectivity index (χ4v) is 2.58. The minimum atomic E-state index is -0.335. The Balaban J connectivity index is 2.22. The molecule has 1 saturated heterocycles. The molecule has 1 aromatic carbocycles. The number of hydrogen-bond acceptors (Lipinski definition) is 2. The van der Waals surface area contributed by atoms with E-state index in [4.69, 9.17) is 0 Å². The van der Waals surface area contributed by atoms with Gasteiger partial charge in [0.15, 0.2) is 0 Å². The van der Waals surface area contributed by atoms with Crippen molar-refractivity contribution in [2.75, 3.05) is 18.0 Å². The molecule has 1 heterocycles. The monoisotopic (exact) mass is 268 g/mol. The second-order valence-corrected chi connectivity index (χ2v) is 5.59. The Labute approximate surface area is 113 Å². The van der Waals surface area contributed by atoms with E-state index in [1.165, 1.54) is 12.1 Å². The summed E-state index contributed by atoms with van der Waals surface area (Å²) in [5.74, 6) is -0.662. The Morgan fingerprint density at radius 3 is 2.21 bits per heavy atom. The normalized spacial score (nSPS) is 25.0. The second kappa shape index (κ2) is 5.87. The van der Waals surface area contributed by atoms with Crippen LogP contribution in [-0.2, 0) is 0 Å². The van der Waals surface area contributed by atoms with Gasteiger partial charge in [0, 0.05) is 31.2 Å². The molecule has 0 aliphatic carbocycles. The lowest BCUT2D eigenvalue weighted by atomic mass is 10.1. The van der Waals surface area contributed by atoms with E-state index in [9.17, 15) is 8.78 Å². The van der Waals surface area contributed by atoms with Crippen LogP contribution in [0, 0.1) is 18.6 Å². The average Bonchev–Trinajstić information content (AvgIpc) is 2.32. The maximum atomic E-state index is 14.0. The van der Waals surface area contributed by atoms with Gasteiger partial charge in [-0.1, -0.05) is 0 Å². The molecule has 0 radical (unpaired) electrons. The average molecular weight is 268 g/mol. The molecular formula is C15H22F2N2. The van der Waals surface area contributed by atoms with Gasteiger partial charge in [-0.15, -0.1) is 0 Å². The van der Waals surface area contributed by atoms with E-state index in [1.54, 1.807) is 6.92 Å². The summed E-state index contributed by atoms with van der Waals surface area (Å²) in [6, 6.07) is 3.41. The number of benzene rings is 1. The first-order valence-corrected chi connectivity index (χ1v) is 6.94. The predicted octanol–water partition coefficient (Wildman–Crippen LogP) is 3.24. The Kier molecular flexibility index (Phi) is 4.40. The molecule has 1 aliphatic heterocycles. The molecule has 2 unspecified atom stereocenters. The van der Waals surface area contributed by atoms with Crippen molar-refractivity contribution in [3.63, 3.8) is 0 Å². The molecule has 1 fully saturated rings. The number of nitrogens with one attached hydrogen (secondary N) is 1. The predicted molar refractivity (Wildman–Crippen MR) is 74.6 cm³/mol. The van der Waals surface area contributed by atoms with E-state index >= 15 is 0 Å². The summed E-state index contributed by atoms with van der Waals surface area (Å²) < 4.78 is 27.7. The van der Waals surface area contributed by atoms with Crippen LogP contribution in [0.5, 0.6) is 0 Å². The van der Waals surface area contributed by atoms with Crippen molar-refractivity contribution in [2.24, 2.45) is 0 Å². The Hall–Kier alpha value is -1.16. The summed E-state index contributed by atoms with van der Waals surface area (Å²) in [5.41, 5.74) is 0.751. The lowest BCUT2D eigenvalue weighted by Gasteiger charge is -2.32. The van der Waals surface area contributed by atoms with Crippen molar-refractivity contribution in [1.82, 2.24) is 5.32 Å². The van der Waals surface area contributed by atoms with Crippen LogP contribution in [0.2, 0.25) is 0 Å². The third-order valence-electron chi connectivity index (χ3n) is 3.80. The van der Waals surface area contributed by atoms with Crippen LogP contribution in [0.1, 0.15) is 32.3 Å². The van der Waals surface area contributed by atoms with Crippen LogP contribution in [0.4, 0.5) is 14.5 Å². The fourth-order valence-electron chi connectivity index (χ4n) is 2.58. The maximum Gasteiger partial charge on any atom is 0.146 e. The van der Waals surface area contributed by atoms with Gasteiger partial charge in [0.1, 0.15) is 11.6 Å². The summed E-state index contributed by atoms with van der Waals surface area (Å²) >= 11 is 0. The molecule has 1 N–H and O–H groups in total. The summed E-state index contributed by atoms with van der Waals surface area (Å²) in [6.45, 7) is 7.35. The van der Waals surface area contributed by atoms with Crippen LogP contribution >= 0.6 is 0 Å². The van der Waals surface area contributed by atoms with E-state index in [2.05, 4.69) is 19.2 Å². The quantitative estimate of drug-likeness (QED) is 0.841. The highest BCUT2D eigenvalue weighted by atomic mass is 19.1. The molecule has 0 amide bonds. The fraction of sp³-hybridized carbons (Fsp3) is 0.600. The smallest absolute Gasteiger partial charge is 0.146 e. The van der Waals surface area contributed by atoms with Crippen LogP contribution in [-0.4, -0.2) is 25.2 Å². The molecule has 2 nitrogen and oxygen atoms in total. The molecule has 19 heavy (non-hydrogen) atoms. The highest BCUT2D eigenvalue weighted by Gasteiger charge is 2.19. The zero-order valence-electron chi connectivity index (χ0n) is 11.8. The third-order valence-corrected chi connectivity index (χ3v) is 3.80. The molecule has 0 aromatic heterocycles. The van der Waals surface area contributed by atoms with Crippen LogP contribution < -0.4 is 10.2 Å². The van der Waals surface area contributed by atoms with E-state index in [0.717, 1.165) is 25.9 Å². The van der Waals surface area contributed by atoms with Crippen molar-refractivity contribution in [3.05, 3.63) is 29.3 Å². The number of anilines is 1. The molecule has 1 aromatic rings. The standard InChI is InChI=1S/C15H22F2N2/c1-10-8-14(17)15(9-13(10)16)19-6-4-11(2)18-12(3)5-7-19/h8-9,11-12,18H,4-7H2,1-3H3. The molecule has 106 valence electrons. The molecular weight excluding hydrogens is 246 g/mol. The zero-order chi connectivity index (χ0) is 14.0. The van der Waals surface area contributed by atoms with E-state index in [1.807, 2.05) is 4.90 Å². The van der Waals surface area contributed by atoms with Gasteiger partial charge >= 0.3 is 0 Å². The topological polar surface area (TPSA) is 15.3 Å². The van der Waals surface area contributed by atoms with Gasteiger partial charge in [-0.2, -0.15) is 0 Å². The molecule has 4 heteroatoms. The molecule has 2 rings (SSSR count). The van der Waals surface area contributed by atoms with E-state index < -0.39 is 0 Å². The number of hydrogen-bond donors (Lipinski definition) is 1. The molecule has 0 saturated carbocycles. The Morgan fingerprint density at radius 1 is 1.05 bits per heavy atom. The third kappa shape index (κ3) is 3.44. The van der Waals surface area contributed by atoms with Crippen molar-refractivity contribution < 1.29 is 8.78 Å². The maximum absolute atomic E-state index is 14.0. The van der Waals surface area contributed by atoms with Crippen LogP contribution in [0.25, 0.3) is 0 Å². The van der Waals surface area contributed by atoms with Crippen LogP contribution in [0.3, 0.4) is 0 Å². The lowest BCUT2D eigenvalue weighted by molar-refractivity contribution is 0.402. The molecule has 1 aliphatic rings. The van der Waals surface area contributed by atoms with Gasteiger partial charge in [-0.25, -0.2) is 8.78 Å². The summed E-state index contributed by atoms with van der Waals surface area (Å²) in [7, 11) is 0. The SMILES string of the molecule is Cc1cc(F)c(N2CCC(C)NC(C)CC2)cc1F. The van der Waals surface area contributed by atoms with Crippen LogP contribution in [0.15, 0.2) is 12.1 Å². The second-order valence-electron chi connectivity index (χ2n) is 5.59. The number of aryl methyl sites for hydroxylation is 1. The van der Waals surface area contributed by atoms with E-state index in [0.29, 0.717) is 23.3 Å². The first-order chi connectivity index (χ1) is 8.97. The van der Waals surface area contributed by atoms with Gasteiger partial charge in [0.25, 0.3) is 0 Å². The van der Waals surface area contributed by atoms with Crippen molar-refractivity contribution in [3.8, 4) is 0 Å². The largest absolute Gasteiger partial charge is 0.369 e. The highest BCUT2D eigenvalue weighted by molar-refractivity contribution is 5.49. The van der Waals surface area contributed by atoms with Crippen molar-refractivity contribution >= 4 is 5.69 Å². The number of halogens is 2. The minimum absolute atomic E-state index is 0.326. The van der Waals surface area contributed by atoms with E-state index in [-0.39, 0.29) is 11.6 Å². The summed E-state index contributed by atoms with van der Waals surface area (Å²) in [4.78, 5) is 1.96. The van der Waals surface area contributed by atoms with Gasteiger partial charge in [0.2, 0.25) is 0 Å². The van der Waals surface area contributed by atoms with Crippen molar-refractivity contribution in [2.45, 2.75) is 45.7 Å². The summed E-state index contributed by atoms with van der Waals surface area (Å²) in [6.07, 6.45) is 1.86. The minimum Gasteiger partial charge on any atom is -0.369 e. The Morgan fingerprint density at radius 2 is 1.63 bits per heavy atom. The molecule has 0 spiro atoms. The molecule has 0 bridgehead atoms. The number of rotatable bonds is 1. The van der Waals surface area contributed by atoms with Gasteiger partial charge in [-0.05, 0) is 45.2 Å². The van der Waals surface area contributed by atoms with Gasteiger partial charge in [0.05, 0.1) is 5.69 Å². The van der Waals surface area contributed by atoms with Gasteiger partial charge < -0.3 is 10.2 Å². The Bertz CT molecular complexity index is 436. The number of nitrogens with zero attached hydrogens (tertiary/aromatic N) is 1. The summed E-state index contributed by atoms with van der Waals surface area (Å²) in [5, 5.41) is 3.49. The first kappa shape index (κ1) is 14.3. The zero-order valence-corrected chi connectivity index (χ0v) is 11.8. The lowest BCUT2D eigenvalue weighted by Crippen LogP contribution is -2.43. The first-order valence-electron chi connectivity index (χ1n) is 6.94. The van der Waals surface area contributed by atoms with Crippen molar-refractivity contribution in [1.29, 1.82) is 0 Å². The highest BCUT2D eigenvalue weighted by Crippen LogP contribution is 2.24. The molecule has 2 atom stereocenters. The van der Waals surface area contributed by atoms with Gasteiger partial charge in [-0.3, -0.25) is 0 Å².